The maximum absolute atomic E-state index is 6.10. The summed E-state index contributed by atoms with van der Waals surface area (Å²) in [6.45, 7) is 6.88. The van der Waals surface area contributed by atoms with E-state index in [9.17, 15) is 0 Å². The van der Waals surface area contributed by atoms with Crippen LogP contribution in [0.5, 0.6) is 0 Å². The third kappa shape index (κ3) is 15.3. The molecule has 0 aliphatic rings. The first kappa shape index (κ1) is 35.9. The molecule has 218 valence electrons. The molecule has 0 radical (unpaired) electrons. The summed E-state index contributed by atoms with van der Waals surface area (Å²) >= 11 is 0. The van der Waals surface area contributed by atoms with Crippen molar-refractivity contribution in [3.63, 3.8) is 0 Å². The molecular formula is C33H68O3. The maximum Gasteiger partial charge on any atom is 0.288 e. The fourth-order valence-corrected chi connectivity index (χ4v) is 6.17. The summed E-state index contributed by atoms with van der Waals surface area (Å²) in [5.41, 5.74) is -0.0690. The van der Waals surface area contributed by atoms with Crippen molar-refractivity contribution >= 4 is 0 Å². The van der Waals surface area contributed by atoms with Gasteiger partial charge in [0.15, 0.2) is 0 Å². The van der Waals surface area contributed by atoms with E-state index in [1.54, 1.807) is 21.3 Å². The summed E-state index contributed by atoms with van der Waals surface area (Å²) in [5.74, 6) is -0.932. The van der Waals surface area contributed by atoms with Gasteiger partial charge in [-0.1, -0.05) is 162 Å². The van der Waals surface area contributed by atoms with Crippen molar-refractivity contribution in [2.75, 3.05) is 21.3 Å². The number of hydrogen-bond acceptors (Lipinski definition) is 3. The van der Waals surface area contributed by atoms with Crippen LogP contribution in [0.15, 0.2) is 0 Å². The van der Waals surface area contributed by atoms with E-state index in [0.717, 1.165) is 19.3 Å². The standard InChI is InChI=1S/C33H68O3/c1-7-10-13-16-19-21-24-27-30-32(33(34-4,35-5)36-6,29-26-23-18-15-12-9-3)31-28-25-22-20-17-14-11-8-2/h7-31H2,1-6H3. The van der Waals surface area contributed by atoms with Crippen molar-refractivity contribution in [3.05, 3.63) is 0 Å². The van der Waals surface area contributed by atoms with Crippen LogP contribution in [0.1, 0.15) is 181 Å². The Labute approximate surface area is 228 Å². The Hall–Kier alpha value is -0.120. The molecule has 0 saturated heterocycles. The first-order valence-electron chi connectivity index (χ1n) is 16.3. The molecule has 0 aromatic rings. The highest BCUT2D eigenvalue weighted by atomic mass is 16.9. The molecule has 0 unspecified atom stereocenters. The molecule has 0 aliphatic carbocycles. The fourth-order valence-electron chi connectivity index (χ4n) is 6.17. The molecule has 3 nitrogen and oxygen atoms in total. The molecule has 0 spiro atoms. The minimum absolute atomic E-state index is 0.0690. The Morgan fingerprint density at radius 1 is 0.333 bits per heavy atom. The van der Waals surface area contributed by atoms with Gasteiger partial charge in [0, 0.05) is 21.3 Å². The molecule has 0 aromatic heterocycles. The molecule has 0 aliphatic heterocycles. The number of ether oxygens (including phenoxy) is 3. The van der Waals surface area contributed by atoms with Gasteiger partial charge in [0.2, 0.25) is 0 Å². The summed E-state index contributed by atoms with van der Waals surface area (Å²) in [4.78, 5) is 0. The first-order chi connectivity index (χ1) is 17.6. The van der Waals surface area contributed by atoms with Gasteiger partial charge in [0.1, 0.15) is 0 Å². The molecule has 3 heteroatoms. The average Bonchev–Trinajstić information content (AvgIpc) is 2.90. The molecule has 0 fully saturated rings. The summed E-state index contributed by atoms with van der Waals surface area (Å²) in [7, 11) is 5.35. The minimum atomic E-state index is -0.932. The highest BCUT2D eigenvalue weighted by Gasteiger charge is 2.52. The maximum atomic E-state index is 6.10. The normalized spacial score (nSPS) is 12.5. The molecule has 0 aromatic carbocycles. The lowest BCUT2D eigenvalue weighted by Crippen LogP contribution is -2.53. The van der Waals surface area contributed by atoms with Crippen molar-refractivity contribution in [3.8, 4) is 0 Å². The van der Waals surface area contributed by atoms with Gasteiger partial charge < -0.3 is 14.2 Å². The molecule has 0 bridgehead atoms. The van der Waals surface area contributed by atoms with Crippen LogP contribution in [0.25, 0.3) is 0 Å². The highest BCUT2D eigenvalue weighted by molar-refractivity contribution is 4.89. The van der Waals surface area contributed by atoms with Crippen molar-refractivity contribution in [2.24, 2.45) is 5.41 Å². The quantitative estimate of drug-likeness (QED) is 0.0736. The van der Waals surface area contributed by atoms with Gasteiger partial charge in [-0.3, -0.25) is 0 Å². The van der Waals surface area contributed by atoms with E-state index >= 15 is 0 Å². The Morgan fingerprint density at radius 2 is 0.556 bits per heavy atom. The second-order valence-electron chi connectivity index (χ2n) is 11.4. The Balaban J connectivity index is 5.11. The topological polar surface area (TPSA) is 27.7 Å². The third-order valence-corrected chi connectivity index (χ3v) is 8.48. The van der Waals surface area contributed by atoms with Gasteiger partial charge in [-0.2, -0.15) is 0 Å². The predicted molar refractivity (Wildman–Crippen MR) is 159 cm³/mol. The van der Waals surface area contributed by atoms with E-state index in [0.29, 0.717) is 0 Å². The van der Waals surface area contributed by atoms with Crippen LogP contribution < -0.4 is 0 Å². The lowest BCUT2D eigenvalue weighted by molar-refractivity contribution is -0.411. The van der Waals surface area contributed by atoms with Crippen molar-refractivity contribution in [2.45, 2.75) is 187 Å². The Morgan fingerprint density at radius 3 is 0.778 bits per heavy atom. The van der Waals surface area contributed by atoms with Crippen LogP contribution in [0.2, 0.25) is 0 Å². The fraction of sp³-hybridized carbons (Fsp3) is 1.00. The molecule has 36 heavy (non-hydrogen) atoms. The van der Waals surface area contributed by atoms with Crippen LogP contribution in [-0.4, -0.2) is 27.3 Å². The average molecular weight is 513 g/mol. The zero-order valence-corrected chi connectivity index (χ0v) is 25.9. The summed E-state index contributed by atoms with van der Waals surface area (Å²) in [6.07, 6.45) is 33.0. The Kier molecular flexibility index (Phi) is 25.1. The molecule has 0 saturated carbocycles. The zero-order valence-electron chi connectivity index (χ0n) is 25.9. The number of unbranched alkanes of at least 4 members (excludes halogenated alkanes) is 19. The van der Waals surface area contributed by atoms with Crippen LogP contribution >= 0.6 is 0 Å². The highest BCUT2D eigenvalue weighted by Crippen LogP contribution is 2.49. The SMILES string of the molecule is CCCCCCCCCCC(CCCCCCCC)(CCCCCCCCCC)C(OC)(OC)OC. The second-order valence-corrected chi connectivity index (χ2v) is 11.4. The van der Waals surface area contributed by atoms with Crippen LogP contribution in [0, 0.1) is 5.41 Å². The molecule has 0 rings (SSSR count). The smallest absolute Gasteiger partial charge is 0.288 e. The first-order valence-corrected chi connectivity index (χ1v) is 16.3. The van der Waals surface area contributed by atoms with Gasteiger partial charge in [-0.05, 0) is 19.3 Å². The Bertz CT molecular complexity index is 404. The summed E-state index contributed by atoms with van der Waals surface area (Å²) in [6, 6.07) is 0. The molecule has 0 amide bonds. The van der Waals surface area contributed by atoms with Gasteiger partial charge in [0.05, 0.1) is 5.41 Å². The van der Waals surface area contributed by atoms with Crippen LogP contribution in [0.3, 0.4) is 0 Å². The van der Waals surface area contributed by atoms with E-state index in [4.69, 9.17) is 14.2 Å². The van der Waals surface area contributed by atoms with E-state index in [1.807, 2.05) is 0 Å². The van der Waals surface area contributed by atoms with Gasteiger partial charge in [0.25, 0.3) is 5.97 Å². The van der Waals surface area contributed by atoms with Gasteiger partial charge in [-0.25, -0.2) is 0 Å². The summed E-state index contributed by atoms with van der Waals surface area (Å²) < 4.78 is 18.3. The van der Waals surface area contributed by atoms with E-state index in [1.165, 1.54) is 141 Å². The van der Waals surface area contributed by atoms with Crippen molar-refractivity contribution in [1.82, 2.24) is 0 Å². The number of hydrogen-bond donors (Lipinski definition) is 0. The third-order valence-electron chi connectivity index (χ3n) is 8.48. The molecule has 0 atom stereocenters. The van der Waals surface area contributed by atoms with Crippen molar-refractivity contribution < 1.29 is 14.2 Å². The molecular weight excluding hydrogens is 444 g/mol. The number of methoxy groups -OCH3 is 3. The molecule has 0 N–H and O–H groups in total. The van der Waals surface area contributed by atoms with Crippen LogP contribution in [-0.2, 0) is 14.2 Å². The lowest BCUT2D eigenvalue weighted by Gasteiger charge is -2.47. The summed E-state index contributed by atoms with van der Waals surface area (Å²) in [5, 5.41) is 0. The van der Waals surface area contributed by atoms with Gasteiger partial charge in [-0.15, -0.1) is 0 Å². The van der Waals surface area contributed by atoms with Crippen LogP contribution in [0.4, 0.5) is 0 Å². The second kappa shape index (κ2) is 25.2. The molecule has 0 heterocycles. The minimum Gasteiger partial charge on any atom is -0.330 e. The number of rotatable bonds is 29. The van der Waals surface area contributed by atoms with E-state index < -0.39 is 5.97 Å². The largest absolute Gasteiger partial charge is 0.330 e. The van der Waals surface area contributed by atoms with E-state index in [2.05, 4.69) is 20.8 Å². The van der Waals surface area contributed by atoms with Gasteiger partial charge >= 0.3 is 0 Å². The van der Waals surface area contributed by atoms with E-state index in [-0.39, 0.29) is 5.41 Å². The van der Waals surface area contributed by atoms with Crippen molar-refractivity contribution in [1.29, 1.82) is 0 Å². The zero-order chi connectivity index (χ0) is 26.8. The predicted octanol–water partition coefficient (Wildman–Crippen LogP) is 11.4. The monoisotopic (exact) mass is 513 g/mol. The lowest BCUT2D eigenvalue weighted by atomic mass is 9.71.